The third-order valence-electron chi connectivity index (χ3n) is 3.62. The van der Waals surface area contributed by atoms with Crippen molar-refractivity contribution in [3.05, 3.63) is 28.2 Å². The minimum atomic E-state index is -1.81. The average molecular weight is 494 g/mol. The first kappa shape index (κ1) is 24.9. The predicted octanol–water partition coefficient (Wildman–Crippen LogP) is 6.45. The predicted molar refractivity (Wildman–Crippen MR) is 121 cm³/mol. The molecule has 0 saturated heterocycles. The number of hydrogen-bond donors (Lipinski definition) is 3. The Morgan fingerprint density at radius 2 is 1.67 bits per heavy atom. The van der Waals surface area contributed by atoms with Crippen molar-refractivity contribution in [2.75, 3.05) is 5.32 Å². The molecule has 1 rings (SSSR count). The van der Waals surface area contributed by atoms with Gasteiger partial charge in [0.25, 0.3) is 0 Å². The zero-order valence-corrected chi connectivity index (χ0v) is 19.4. The number of halogens is 5. The number of amides is 1. The number of unbranched alkanes of at least 4 members (excludes halogenated alkanes) is 4. The van der Waals surface area contributed by atoms with Crippen LogP contribution in [0.1, 0.15) is 45.4 Å². The van der Waals surface area contributed by atoms with Crippen molar-refractivity contribution in [3.8, 4) is 0 Å². The van der Waals surface area contributed by atoms with Gasteiger partial charge in [-0.2, -0.15) is 0 Å². The average Bonchev–Trinajstić information content (AvgIpc) is 2.57. The molecule has 0 spiro atoms. The Morgan fingerprint density at radius 3 is 2.22 bits per heavy atom. The summed E-state index contributed by atoms with van der Waals surface area (Å²) in [6.45, 7) is 2.14. The highest BCUT2D eigenvalue weighted by atomic mass is 35.6. The van der Waals surface area contributed by atoms with Gasteiger partial charge in [-0.1, -0.05) is 96.7 Å². The van der Waals surface area contributed by atoms with Crippen LogP contribution in [0.4, 0.5) is 5.69 Å². The second-order valence-electron chi connectivity index (χ2n) is 5.90. The molecule has 0 aliphatic heterocycles. The van der Waals surface area contributed by atoms with Crippen LogP contribution in [0.5, 0.6) is 0 Å². The summed E-state index contributed by atoms with van der Waals surface area (Å²) in [5, 5.41) is 9.15. The molecule has 0 fully saturated rings. The van der Waals surface area contributed by atoms with E-state index in [0.717, 1.165) is 32.1 Å². The zero-order valence-electron chi connectivity index (χ0n) is 14.8. The molecule has 27 heavy (non-hydrogen) atoms. The Bertz CT molecular complexity index is 619. The van der Waals surface area contributed by atoms with E-state index in [4.69, 9.17) is 70.2 Å². The quantitative estimate of drug-likeness (QED) is 0.160. The van der Waals surface area contributed by atoms with Crippen LogP contribution >= 0.6 is 70.2 Å². The van der Waals surface area contributed by atoms with E-state index in [2.05, 4.69) is 22.9 Å². The van der Waals surface area contributed by atoms with E-state index in [-0.39, 0.29) is 11.0 Å². The van der Waals surface area contributed by atoms with Gasteiger partial charge in [-0.25, -0.2) is 0 Å². The SMILES string of the molecule is CCCCCCCC(=O)N[C@@H](NC(=S)Nc1c(Cl)cccc1Cl)C(Cl)(Cl)Cl. The van der Waals surface area contributed by atoms with Crippen LogP contribution in [-0.4, -0.2) is 21.0 Å². The van der Waals surface area contributed by atoms with E-state index in [1.807, 2.05) is 0 Å². The third-order valence-corrected chi connectivity index (χ3v) is 5.12. The lowest BCUT2D eigenvalue weighted by Crippen LogP contribution is -2.56. The molecule has 4 nitrogen and oxygen atoms in total. The number of alkyl halides is 3. The fourth-order valence-corrected chi connectivity index (χ4v) is 3.26. The standard InChI is InChI=1S/C17H22Cl5N3OS/c1-2-3-4-5-6-10-13(26)23-15(17(20,21)22)25-16(27)24-14-11(18)8-7-9-12(14)19/h7-9,15H,2-6,10H2,1H3,(H,23,26)(H2,24,25,27)/t15-/m0/s1. The van der Waals surface area contributed by atoms with Gasteiger partial charge in [-0.15, -0.1) is 0 Å². The molecule has 10 heteroatoms. The van der Waals surface area contributed by atoms with Gasteiger partial charge in [0.15, 0.2) is 5.11 Å². The maximum atomic E-state index is 12.1. The summed E-state index contributed by atoms with van der Waals surface area (Å²) in [6, 6.07) is 5.02. The molecule has 0 unspecified atom stereocenters. The molecule has 0 aliphatic carbocycles. The van der Waals surface area contributed by atoms with Crippen molar-refractivity contribution in [3.63, 3.8) is 0 Å². The van der Waals surface area contributed by atoms with Crippen molar-refractivity contribution in [2.45, 2.75) is 55.4 Å². The Balaban J connectivity index is 2.62. The number of carbonyl (C=O) groups excluding carboxylic acids is 1. The fourth-order valence-electron chi connectivity index (χ4n) is 2.22. The van der Waals surface area contributed by atoms with Crippen LogP contribution in [0, 0.1) is 0 Å². The van der Waals surface area contributed by atoms with Crippen LogP contribution in [0.3, 0.4) is 0 Å². The second kappa shape index (κ2) is 12.4. The summed E-state index contributed by atoms with van der Waals surface area (Å²) < 4.78 is -1.81. The van der Waals surface area contributed by atoms with Gasteiger partial charge in [0.1, 0.15) is 6.17 Å². The normalized spacial score (nSPS) is 12.4. The maximum Gasteiger partial charge on any atom is 0.228 e. The van der Waals surface area contributed by atoms with Crippen molar-refractivity contribution < 1.29 is 4.79 Å². The number of carbonyl (C=O) groups is 1. The molecular formula is C17H22Cl5N3OS. The molecule has 152 valence electrons. The summed E-state index contributed by atoms with van der Waals surface area (Å²) in [7, 11) is 0. The zero-order chi connectivity index (χ0) is 20.4. The molecule has 0 aromatic heterocycles. The molecule has 0 aliphatic rings. The number of anilines is 1. The molecule has 0 bridgehead atoms. The Hall–Kier alpha value is -0.170. The fraction of sp³-hybridized carbons (Fsp3) is 0.529. The number of rotatable bonds is 9. The van der Waals surface area contributed by atoms with Gasteiger partial charge >= 0.3 is 0 Å². The first-order chi connectivity index (χ1) is 12.6. The lowest BCUT2D eigenvalue weighted by atomic mass is 10.1. The van der Waals surface area contributed by atoms with Crippen molar-refractivity contribution >= 4 is 86.9 Å². The Labute approximate surface area is 190 Å². The van der Waals surface area contributed by atoms with Crippen molar-refractivity contribution in [1.82, 2.24) is 10.6 Å². The van der Waals surface area contributed by atoms with Crippen LogP contribution < -0.4 is 16.0 Å². The Morgan fingerprint density at radius 1 is 1.07 bits per heavy atom. The smallest absolute Gasteiger partial charge is 0.228 e. The van der Waals surface area contributed by atoms with Crippen molar-refractivity contribution in [1.29, 1.82) is 0 Å². The molecule has 1 aromatic rings. The summed E-state index contributed by atoms with van der Waals surface area (Å²) in [5.74, 6) is -0.228. The van der Waals surface area contributed by atoms with Gasteiger partial charge in [-0.3, -0.25) is 4.79 Å². The third kappa shape index (κ3) is 9.73. The monoisotopic (exact) mass is 491 g/mol. The largest absolute Gasteiger partial charge is 0.339 e. The maximum absolute atomic E-state index is 12.1. The van der Waals surface area contributed by atoms with Crippen molar-refractivity contribution in [2.24, 2.45) is 0 Å². The van der Waals surface area contributed by atoms with Gasteiger partial charge in [0.2, 0.25) is 9.70 Å². The topological polar surface area (TPSA) is 53.2 Å². The van der Waals surface area contributed by atoms with E-state index in [1.165, 1.54) is 0 Å². The van der Waals surface area contributed by atoms with Gasteiger partial charge in [0.05, 0.1) is 15.7 Å². The molecule has 3 N–H and O–H groups in total. The summed E-state index contributed by atoms with van der Waals surface area (Å²) in [6.07, 6.45) is 4.48. The lowest BCUT2D eigenvalue weighted by molar-refractivity contribution is -0.122. The molecular weight excluding hydrogens is 472 g/mol. The molecule has 0 heterocycles. The summed E-state index contributed by atoms with van der Waals surface area (Å²) >= 11 is 35.3. The van der Waals surface area contributed by atoms with Gasteiger partial charge in [-0.05, 0) is 30.8 Å². The molecule has 1 atom stereocenters. The highest BCUT2D eigenvalue weighted by molar-refractivity contribution is 7.80. The molecule has 0 radical (unpaired) electrons. The lowest BCUT2D eigenvalue weighted by Gasteiger charge is -2.28. The van der Waals surface area contributed by atoms with Gasteiger partial charge < -0.3 is 16.0 Å². The van der Waals surface area contributed by atoms with E-state index in [9.17, 15) is 4.79 Å². The minimum Gasteiger partial charge on any atom is -0.339 e. The number of para-hydroxylation sites is 1. The van der Waals surface area contributed by atoms with E-state index in [0.29, 0.717) is 22.2 Å². The van der Waals surface area contributed by atoms with Crippen LogP contribution in [0.15, 0.2) is 18.2 Å². The number of hydrogen-bond acceptors (Lipinski definition) is 2. The van der Waals surface area contributed by atoms with Gasteiger partial charge in [0, 0.05) is 6.42 Å². The first-order valence-electron chi connectivity index (χ1n) is 8.52. The van der Waals surface area contributed by atoms with E-state index in [1.54, 1.807) is 18.2 Å². The van der Waals surface area contributed by atoms with Crippen LogP contribution in [-0.2, 0) is 4.79 Å². The van der Waals surface area contributed by atoms with E-state index >= 15 is 0 Å². The first-order valence-corrected chi connectivity index (χ1v) is 10.8. The molecule has 1 amide bonds. The number of nitrogens with one attached hydrogen (secondary N) is 3. The summed E-state index contributed by atoms with van der Waals surface area (Å²) in [5.41, 5.74) is 0.420. The molecule has 1 aromatic carbocycles. The van der Waals surface area contributed by atoms with Crippen LogP contribution in [0.2, 0.25) is 10.0 Å². The second-order valence-corrected chi connectivity index (χ2v) is 9.49. The molecule has 0 saturated carbocycles. The summed E-state index contributed by atoms with van der Waals surface area (Å²) in [4.78, 5) is 12.1. The highest BCUT2D eigenvalue weighted by Crippen LogP contribution is 2.31. The Kier molecular flexibility index (Phi) is 11.4. The number of thiocarbonyl (C=S) groups is 1. The number of benzene rings is 1. The highest BCUT2D eigenvalue weighted by Gasteiger charge is 2.34. The van der Waals surface area contributed by atoms with Crippen LogP contribution in [0.25, 0.3) is 0 Å². The van der Waals surface area contributed by atoms with E-state index < -0.39 is 9.96 Å². The minimum absolute atomic E-state index is 0.101.